The number of aromatic nitrogens is 3. The number of aromatic amines is 1. The van der Waals surface area contributed by atoms with Gasteiger partial charge in [0.1, 0.15) is 11.6 Å². The van der Waals surface area contributed by atoms with Crippen LogP contribution in [0.5, 0.6) is 5.75 Å². The monoisotopic (exact) mass is 223 g/mol. The first-order valence-electron chi connectivity index (χ1n) is 4.52. The first-order chi connectivity index (χ1) is 7.28. The smallest absolute Gasteiger partial charge is 0.165 e. The Morgan fingerprint density at radius 3 is 2.60 bits per heavy atom. The summed E-state index contributed by atoms with van der Waals surface area (Å²) in [4.78, 5) is 4.19. The minimum atomic E-state index is 0.262. The van der Waals surface area contributed by atoms with E-state index in [1.54, 1.807) is 12.1 Å². The van der Waals surface area contributed by atoms with Gasteiger partial charge in [0.25, 0.3) is 0 Å². The maximum Gasteiger partial charge on any atom is 0.165 e. The van der Waals surface area contributed by atoms with Gasteiger partial charge in [-0.25, -0.2) is 4.98 Å². The number of aromatic hydroxyl groups is 1. The molecule has 0 radical (unpaired) electrons. The molecule has 2 rings (SSSR count). The molecule has 5 heteroatoms. The van der Waals surface area contributed by atoms with Gasteiger partial charge in [0, 0.05) is 6.42 Å². The lowest BCUT2D eigenvalue weighted by atomic mass is 10.1. The van der Waals surface area contributed by atoms with E-state index in [2.05, 4.69) is 15.2 Å². The van der Waals surface area contributed by atoms with E-state index in [0.29, 0.717) is 18.1 Å². The van der Waals surface area contributed by atoms with Crippen molar-refractivity contribution in [2.45, 2.75) is 12.3 Å². The van der Waals surface area contributed by atoms with Crippen LogP contribution in [0.1, 0.15) is 17.2 Å². The van der Waals surface area contributed by atoms with Crippen molar-refractivity contribution in [2.24, 2.45) is 0 Å². The number of halogens is 1. The molecule has 4 nitrogen and oxygen atoms in total. The molecule has 0 aliphatic rings. The number of rotatable bonds is 3. The maximum atomic E-state index is 9.11. The van der Waals surface area contributed by atoms with Crippen molar-refractivity contribution < 1.29 is 5.11 Å². The van der Waals surface area contributed by atoms with Crippen LogP contribution >= 0.6 is 11.6 Å². The average molecular weight is 224 g/mol. The standard InChI is InChI=1S/C10H10ClN3O/c11-6-10-12-9(13-14-10)5-7-1-3-8(15)4-2-7/h1-4,15H,5-6H2,(H,12,13,14). The Balaban J connectivity index is 2.11. The highest BCUT2D eigenvalue weighted by Gasteiger charge is 2.02. The highest BCUT2D eigenvalue weighted by Crippen LogP contribution is 2.12. The van der Waals surface area contributed by atoms with Crippen LogP contribution < -0.4 is 0 Å². The van der Waals surface area contributed by atoms with Crippen molar-refractivity contribution in [2.75, 3.05) is 0 Å². The number of benzene rings is 1. The predicted molar refractivity (Wildman–Crippen MR) is 56.9 cm³/mol. The zero-order valence-electron chi connectivity index (χ0n) is 7.94. The molecule has 1 aromatic carbocycles. The van der Waals surface area contributed by atoms with Crippen LogP contribution in [0.25, 0.3) is 0 Å². The second-order valence-corrected chi connectivity index (χ2v) is 3.44. The second kappa shape index (κ2) is 4.31. The molecule has 15 heavy (non-hydrogen) atoms. The van der Waals surface area contributed by atoms with Gasteiger partial charge in [0.15, 0.2) is 5.82 Å². The van der Waals surface area contributed by atoms with E-state index in [4.69, 9.17) is 16.7 Å². The molecular weight excluding hydrogens is 214 g/mol. The lowest BCUT2D eigenvalue weighted by Crippen LogP contribution is -1.90. The van der Waals surface area contributed by atoms with E-state index in [-0.39, 0.29) is 5.75 Å². The van der Waals surface area contributed by atoms with Crippen LogP contribution in [0.4, 0.5) is 0 Å². The summed E-state index contributed by atoms with van der Waals surface area (Å²) >= 11 is 5.59. The number of hydrogen-bond donors (Lipinski definition) is 2. The molecule has 0 fully saturated rings. The second-order valence-electron chi connectivity index (χ2n) is 3.18. The fourth-order valence-electron chi connectivity index (χ4n) is 1.28. The number of alkyl halides is 1. The van der Waals surface area contributed by atoms with E-state index in [9.17, 15) is 0 Å². The highest BCUT2D eigenvalue weighted by molar-refractivity contribution is 6.16. The normalized spacial score (nSPS) is 10.5. The molecule has 0 aliphatic carbocycles. The molecule has 0 amide bonds. The third-order valence-corrected chi connectivity index (χ3v) is 2.24. The summed E-state index contributed by atoms with van der Waals surface area (Å²) in [6.07, 6.45) is 0.657. The van der Waals surface area contributed by atoms with Gasteiger partial charge in [-0.1, -0.05) is 12.1 Å². The minimum absolute atomic E-state index is 0.262. The molecule has 1 aromatic heterocycles. The summed E-state index contributed by atoms with van der Waals surface area (Å²) in [5, 5.41) is 15.9. The molecule has 0 spiro atoms. The molecule has 0 atom stereocenters. The molecule has 0 unspecified atom stereocenters. The first kappa shape index (κ1) is 9.98. The van der Waals surface area contributed by atoms with E-state index in [1.807, 2.05) is 12.1 Å². The van der Waals surface area contributed by atoms with E-state index < -0.39 is 0 Å². The zero-order valence-corrected chi connectivity index (χ0v) is 8.70. The molecule has 0 saturated carbocycles. The highest BCUT2D eigenvalue weighted by atomic mass is 35.5. The molecule has 0 saturated heterocycles. The molecule has 1 heterocycles. The molecule has 78 valence electrons. The Labute approximate surface area is 91.9 Å². The van der Waals surface area contributed by atoms with E-state index >= 15 is 0 Å². The van der Waals surface area contributed by atoms with Crippen LogP contribution in [-0.4, -0.2) is 20.3 Å². The van der Waals surface area contributed by atoms with Crippen molar-refractivity contribution in [3.63, 3.8) is 0 Å². The number of nitrogens with one attached hydrogen (secondary N) is 1. The Hall–Kier alpha value is -1.55. The molecule has 0 bridgehead atoms. The molecule has 2 N–H and O–H groups in total. The van der Waals surface area contributed by atoms with Crippen LogP contribution in [0.3, 0.4) is 0 Å². The number of nitrogens with zero attached hydrogens (tertiary/aromatic N) is 2. The van der Waals surface area contributed by atoms with E-state index in [1.165, 1.54) is 0 Å². The Morgan fingerprint density at radius 1 is 1.27 bits per heavy atom. The maximum absolute atomic E-state index is 9.11. The van der Waals surface area contributed by atoms with Crippen LogP contribution in [0, 0.1) is 0 Å². The number of hydrogen-bond acceptors (Lipinski definition) is 3. The van der Waals surface area contributed by atoms with Crippen molar-refractivity contribution >= 4 is 11.6 Å². The number of phenols is 1. The third-order valence-electron chi connectivity index (χ3n) is 2.01. The number of phenolic OH excluding ortho intramolecular Hbond substituents is 1. The predicted octanol–water partition coefficient (Wildman–Crippen LogP) is 1.84. The minimum Gasteiger partial charge on any atom is -0.508 e. The summed E-state index contributed by atoms with van der Waals surface area (Å²) in [6.45, 7) is 0. The summed E-state index contributed by atoms with van der Waals surface area (Å²) < 4.78 is 0. The van der Waals surface area contributed by atoms with Gasteiger partial charge in [-0.15, -0.1) is 11.6 Å². The van der Waals surface area contributed by atoms with Gasteiger partial charge in [-0.2, -0.15) is 5.10 Å². The fourth-order valence-corrected chi connectivity index (χ4v) is 1.40. The third kappa shape index (κ3) is 2.47. The zero-order chi connectivity index (χ0) is 10.7. The summed E-state index contributed by atoms with van der Waals surface area (Å²) in [5.41, 5.74) is 1.06. The largest absolute Gasteiger partial charge is 0.508 e. The topological polar surface area (TPSA) is 61.8 Å². The summed E-state index contributed by atoms with van der Waals surface area (Å²) in [5.74, 6) is 1.95. The van der Waals surface area contributed by atoms with Gasteiger partial charge < -0.3 is 5.11 Å². The van der Waals surface area contributed by atoms with Crippen LogP contribution in [-0.2, 0) is 12.3 Å². The quantitative estimate of drug-likeness (QED) is 0.781. The lowest BCUT2D eigenvalue weighted by molar-refractivity contribution is 0.475. The summed E-state index contributed by atoms with van der Waals surface area (Å²) in [6, 6.07) is 6.98. The van der Waals surface area contributed by atoms with E-state index in [0.717, 1.165) is 11.4 Å². The van der Waals surface area contributed by atoms with Crippen molar-refractivity contribution in [1.29, 1.82) is 0 Å². The molecule has 0 aliphatic heterocycles. The van der Waals surface area contributed by atoms with Gasteiger partial charge in [-0.05, 0) is 17.7 Å². The van der Waals surface area contributed by atoms with Crippen molar-refractivity contribution in [3.8, 4) is 5.75 Å². The number of H-pyrrole nitrogens is 1. The van der Waals surface area contributed by atoms with Crippen molar-refractivity contribution in [3.05, 3.63) is 41.5 Å². The molecule has 2 aromatic rings. The van der Waals surface area contributed by atoms with Gasteiger partial charge in [-0.3, -0.25) is 5.10 Å². The SMILES string of the molecule is Oc1ccc(Cc2nc(CCl)n[nH]2)cc1. The van der Waals surface area contributed by atoms with Gasteiger partial charge >= 0.3 is 0 Å². The first-order valence-corrected chi connectivity index (χ1v) is 5.05. The average Bonchev–Trinajstić information content (AvgIpc) is 2.69. The van der Waals surface area contributed by atoms with Crippen LogP contribution in [0.2, 0.25) is 0 Å². The Kier molecular flexibility index (Phi) is 2.87. The lowest BCUT2D eigenvalue weighted by Gasteiger charge is -1.97. The fraction of sp³-hybridized carbons (Fsp3) is 0.200. The molecular formula is C10H10ClN3O. The van der Waals surface area contributed by atoms with Gasteiger partial charge in [0.2, 0.25) is 0 Å². The Morgan fingerprint density at radius 2 is 2.00 bits per heavy atom. The Bertz CT molecular complexity index is 438. The van der Waals surface area contributed by atoms with Crippen LogP contribution in [0.15, 0.2) is 24.3 Å². The van der Waals surface area contributed by atoms with Crippen molar-refractivity contribution in [1.82, 2.24) is 15.2 Å². The summed E-state index contributed by atoms with van der Waals surface area (Å²) in [7, 11) is 0. The van der Waals surface area contributed by atoms with Gasteiger partial charge in [0.05, 0.1) is 5.88 Å².